The molecule has 0 amide bonds. The van der Waals surface area contributed by atoms with Crippen molar-refractivity contribution in [2.75, 3.05) is 0 Å². The first kappa shape index (κ1) is 14.6. The summed E-state index contributed by atoms with van der Waals surface area (Å²) in [4.78, 5) is 0. The molecular formula is C19H16Cu. The molecule has 0 unspecified atom stereocenters. The number of hydrogen-bond acceptors (Lipinski definition) is 0. The molecule has 1 aliphatic carbocycles. The van der Waals surface area contributed by atoms with Crippen LogP contribution in [-0.2, 0) is 23.5 Å². The fourth-order valence-corrected chi connectivity index (χ4v) is 2.46. The molecule has 0 saturated carbocycles. The molecule has 0 aromatic heterocycles. The second kappa shape index (κ2) is 7.09. The van der Waals surface area contributed by atoms with Crippen LogP contribution >= 0.6 is 0 Å². The SMILES string of the molecule is [Cu].c1ccc2c(c1)Cc1ccccc1-2.c1ccccc1. The monoisotopic (exact) mass is 307 g/mol. The van der Waals surface area contributed by atoms with E-state index in [9.17, 15) is 0 Å². The Morgan fingerprint density at radius 3 is 1.20 bits per heavy atom. The molecule has 1 aliphatic rings. The third kappa shape index (κ3) is 3.19. The van der Waals surface area contributed by atoms with Gasteiger partial charge in [0, 0.05) is 17.1 Å². The van der Waals surface area contributed by atoms with E-state index in [0.29, 0.717) is 0 Å². The second-order valence-electron chi connectivity index (χ2n) is 4.65. The summed E-state index contributed by atoms with van der Waals surface area (Å²) in [6, 6.07) is 29.3. The summed E-state index contributed by atoms with van der Waals surface area (Å²) in [7, 11) is 0. The summed E-state index contributed by atoms with van der Waals surface area (Å²) in [6.45, 7) is 0. The van der Waals surface area contributed by atoms with Crippen molar-refractivity contribution in [2.45, 2.75) is 6.42 Å². The van der Waals surface area contributed by atoms with E-state index in [1.54, 1.807) is 0 Å². The van der Waals surface area contributed by atoms with Gasteiger partial charge in [-0.25, -0.2) is 0 Å². The summed E-state index contributed by atoms with van der Waals surface area (Å²) in [5, 5.41) is 0. The van der Waals surface area contributed by atoms with Crippen molar-refractivity contribution < 1.29 is 17.1 Å². The van der Waals surface area contributed by atoms with Gasteiger partial charge in [-0.2, -0.15) is 0 Å². The first-order chi connectivity index (χ1) is 9.45. The zero-order chi connectivity index (χ0) is 12.9. The average molecular weight is 308 g/mol. The van der Waals surface area contributed by atoms with E-state index < -0.39 is 0 Å². The van der Waals surface area contributed by atoms with Crippen LogP contribution in [0.4, 0.5) is 0 Å². The minimum atomic E-state index is 0. The molecule has 0 nitrogen and oxygen atoms in total. The third-order valence-corrected chi connectivity index (χ3v) is 3.37. The molecule has 0 spiro atoms. The van der Waals surface area contributed by atoms with E-state index in [1.165, 1.54) is 22.3 Å². The van der Waals surface area contributed by atoms with Crippen molar-refractivity contribution in [3.8, 4) is 11.1 Å². The van der Waals surface area contributed by atoms with Gasteiger partial charge in [-0.3, -0.25) is 0 Å². The van der Waals surface area contributed by atoms with Gasteiger partial charge < -0.3 is 0 Å². The van der Waals surface area contributed by atoms with Crippen molar-refractivity contribution in [3.63, 3.8) is 0 Å². The van der Waals surface area contributed by atoms with Crippen LogP contribution in [0.2, 0.25) is 0 Å². The number of benzene rings is 3. The van der Waals surface area contributed by atoms with Crippen LogP contribution in [0.3, 0.4) is 0 Å². The van der Waals surface area contributed by atoms with Crippen molar-refractivity contribution >= 4 is 0 Å². The largest absolute Gasteiger partial charge is 0.0623 e. The summed E-state index contributed by atoms with van der Waals surface area (Å²) >= 11 is 0. The minimum Gasteiger partial charge on any atom is -0.0623 e. The summed E-state index contributed by atoms with van der Waals surface area (Å²) in [5.41, 5.74) is 5.75. The summed E-state index contributed by atoms with van der Waals surface area (Å²) in [5.74, 6) is 0. The summed E-state index contributed by atoms with van der Waals surface area (Å²) < 4.78 is 0. The molecule has 4 rings (SSSR count). The quantitative estimate of drug-likeness (QED) is 0.404. The third-order valence-electron chi connectivity index (χ3n) is 3.37. The fraction of sp³-hybridized carbons (Fsp3) is 0.0526. The number of rotatable bonds is 0. The van der Waals surface area contributed by atoms with E-state index in [2.05, 4.69) is 48.5 Å². The maximum Gasteiger partial charge on any atom is 0 e. The number of hydrogen-bond donors (Lipinski definition) is 0. The Kier molecular flexibility index (Phi) is 5.17. The molecule has 20 heavy (non-hydrogen) atoms. The fourth-order valence-electron chi connectivity index (χ4n) is 2.46. The van der Waals surface area contributed by atoms with Crippen molar-refractivity contribution in [3.05, 3.63) is 96.1 Å². The van der Waals surface area contributed by atoms with E-state index in [1.807, 2.05) is 36.4 Å². The van der Waals surface area contributed by atoms with Crippen LogP contribution in [0.5, 0.6) is 0 Å². The number of fused-ring (bicyclic) bond motifs is 3. The van der Waals surface area contributed by atoms with Gasteiger partial charge in [-0.15, -0.1) is 0 Å². The molecule has 0 saturated heterocycles. The zero-order valence-electron chi connectivity index (χ0n) is 11.1. The Bertz CT molecular complexity index is 589. The Balaban J connectivity index is 0.000000180. The molecule has 1 heteroatoms. The van der Waals surface area contributed by atoms with Gasteiger partial charge in [0.1, 0.15) is 0 Å². The van der Waals surface area contributed by atoms with Gasteiger partial charge in [0.05, 0.1) is 0 Å². The molecule has 0 heterocycles. The topological polar surface area (TPSA) is 0 Å². The van der Waals surface area contributed by atoms with Gasteiger partial charge in [0.15, 0.2) is 0 Å². The Hall–Kier alpha value is -1.82. The smallest absolute Gasteiger partial charge is 0 e. The maximum atomic E-state index is 2.22. The second-order valence-corrected chi connectivity index (χ2v) is 4.65. The minimum absolute atomic E-state index is 0. The molecule has 0 N–H and O–H groups in total. The van der Waals surface area contributed by atoms with E-state index >= 15 is 0 Å². The van der Waals surface area contributed by atoms with E-state index in [-0.39, 0.29) is 17.1 Å². The standard InChI is InChI=1S/C13H10.C6H6.Cu/c1-3-7-12-10(5-1)9-11-6-2-4-8-13(11)12;1-2-4-6-5-3-1;/h1-8H,9H2;1-6H;. The maximum absolute atomic E-state index is 2.22. The van der Waals surface area contributed by atoms with Crippen LogP contribution < -0.4 is 0 Å². The summed E-state index contributed by atoms with van der Waals surface area (Å²) in [6.07, 6.45) is 1.10. The van der Waals surface area contributed by atoms with Crippen molar-refractivity contribution in [1.82, 2.24) is 0 Å². The molecular weight excluding hydrogens is 292 g/mol. The van der Waals surface area contributed by atoms with E-state index in [0.717, 1.165) is 6.42 Å². The van der Waals surface area contributed by atoms with Crippen molar-refractivity contribution in [1.29, 1.82) is 0 Å². The molecule has 103 valence electrons. The van der Waals surface area contributed by atoms with Gasteiger partial charge in [-0.1, -0.05) is 84.9 Å². The predicted octanol–water partition coefficient (Wildman–Crippen LogP) is 4.94. The Morgan fingerprint density at radius 1 is 0.450 bits per heavy atom. The zero-order valence-corrected chi connectivity index (χ0v) is 12.0. The molecule has 1 radical (unpaired) electrons. The average Bonchev–Trinajstić information content (AvgIpc) is 2.88. The molecule has 3 aromatic rings. The van der Waals surface area contributed by atoms with Gasteiger partial charge in [0.25, 0.3) is 0 Å². The Morgan fingerprint density at radius 2 is 0.800 bits per heavy atom. The van der Waals surface area contributed by atoms with Crippen LogP contribution in [0.1, 0.15) is 11.1 Å². The molecule has 0 fully saturated rings. The van der Waals surface area contributed by atoms with Crippen LogP contribution in [0, 0.1) is 0 Å². The molecule has 0 bridgehead atoms. The normalized spacial score (nSPS) is 10.4. The van der Waals surface area contributed by atoms with Gasteiger partial charge in [0.2, 0.25) is 0 Å². The van der Waals surface area contributed by atoms with Gasteiger partial charge in [-0.05, 0) is 28.7 Å². The van der Waals surface area contributed by atoms with Crippen LogP contribution in [-0.4, -0.2) is 0 Å². The van der Waals surface area contributed by atoms with Crippen LogP contribution in [0.25, 0.3) is 11.1 Å². The van der Waals surface area contributed by atoms with E-state index in [4.69, 9.17) is 0 Å². The first-order valence-corrected chi connectivity index (χ1v) is 6.61. The van der Waals surface area contributed by atoms with Gasteiger partial charge >= 0.3 is 0 Å². The van der Waals surface area contributed by atoms with Crippen LogP contribution in [0.15, 0.2) is 84.9 Å². The predicted molar refractivity (Wildman–Crippen MR) is 81.1 cm³/mol. The molecule has 0 aliphatic heterocycles. The Labute approximate surface area is 131 Å². The molecule has 3 aromatic carbocycles. The van der Waals surface area contributed by atoms with Crippen molar-refractivity contribution in [2.24, 2.45) is 0 Å². The molecule has 0 atom stereocenters. The first-order valence-electron chi connectivity index (χ1n) is 6.61.